The highest BCUT2D eigenvalue weighted by molar-refractivity contribution is 5.99. The van der Waals surface area contributed by atoms with E-state index in [9.17, 15) is 4.79 Å². The van der Waals surface area contributed by atoms with Crippen LogP contribution in [0.15, 0.2) is 18.5 Å². The molecule has 3 unspecified atom stereocenters. The lowest BCUT2D eigenvalue weighted by Gasteiger charge is -2.34. The summed E-state index contributed by atoms with van der Waals surface area (Å²) < 4.78 is 0. The van der Waals surface area contributed by atoms with Crippen molar-refractivity contribution in [1.82, 2.24) is 15.0 Å². The van der Waals surface area contributed by atoms with Crippen molar-refractivity contribution in [2.24, 2.45) is 17.8 Å². The van der Waals surface area contributed by atoms with Crippen molar-refractivity contribution in [3.63, 3.8) is 0 Å². The molecule has 1 N–H and O–H groups in total. The number of hydrogen-bond acceptors (Lipinski definition) is 3. The summed E-state index contributed by atoms with van der Waals surface area (Å²) in [5.74, 6) is 1.53. The van der Waals surface area contributed by atoms with Crippen LogP contribution < -0.4 is 0 Å². The lowest BCUT2D eigenvalue weighted by Crippen LogP contribution is -2.31. The van der Waals surface area contributed by atoms with Gasteiger partial charge >= 0.3 is 0 Å². The number of carbonyl (C=O) groups is 1. The van der Waals surface area contributed by atoms with Gasteiger partial charge in [0.2, 0.25) is 0 Å². The van der Waals surface area contributed by atoms with E-state index < -0.39 is 0 Å². The third-order valence-electron chi connectivity index (χ3n) is 5.06. The molecule has 1 saturated carbocycles. The fraction of sp³-hybridized carbons (Fsp3) is 0.588. The van der Waals surface area contributed by atoms with Gasteiger partial charge in [0.1, 0.15) is 5.52 Å². The summed E-state index contributed by atoms with van der Waals surface area (Å²) in [4.78, 5) is 24.5. The number of carbonyl (C=O) groups excluding carboxylic acids is 1. The van der Waals surface area contributed by atoms with E-state index in [1.165, 1.54) is 19.3 Å². The molecule has 1 aliphatic carbocycles. The first-order valence-electron chi connectivity index (χ1n) is 8.04. The minimum Gasteiger partial charge on any atom is -0.335 e. The van der Waals surface area contributed by atoms with Gasteiger partial charge in [0, 0.05) is 18.3 Å². The molecule has 21 heavy (non-hydrogen) atoms. The molecule has 0 spiro atoms. The minimum absolute atomic E-state index is 0.154. The zero-order valence-corrected chi connectivity index (χ0v) is 12.8. The van der Waals surface area contributed by atoms with Crippen molar-refractivity contribution in [1.29, 1.82) is 0 Å². The van der Waals surface area contributed by atoms with E-state index in [1.807, 2.05) is 6.07 Å². The third-order valence-corrected chi connectivity index (χ3v) is 5.06. The number of nitrogens with one attached hydrogen (secondary N) is 1. The van der Waals surface area contributed by atoms with Crippen LogP contribution in [0.2, 0.25) is 0 Å². The number of nitrogens with zero attached hydrogens (tertiary/aromatic N) is 2. The van der Waals surface area contributed by atoms with Gasteiger partial charge in [0.25, 0.3) is 0 Å². The molecule has 4 heteroatoms. The summed E-state index contributed by atoms with van der Waals surface area (Å²) in [6.45, 7) is 4.50. The largest absolute Gasteiger partial charge is 0.335 e. The third kappa shape index (κ3) is 2.71. The average molecular weight is 285 g/mol. The van der Waals surface area contributed by atoms with Gasteiger partial charge in [0.15, 0.2) is 11.4 Å². The van der Waals surface area contributed by atoms with Crippen LogP contribution in [0.1, 0.15) is 56.4 Å². The topological polar surface area (TPSA) is 58.6 Å². The van der Waals surface area contributed by atoms with E-state index in [-0.39, 0.29) is 11.7 Å². The molecule has 4 nitrogen and oxygen atoms in total. The van der Waals surface area contributed by atoms with Crippen LogP contribution >= 0.6 is 0 Å². The zero-order valence-electron chi connectivity index (χ0n) is 12.8. The Kier molecular flexibility index (Phi) is 4.04. The van der Waals surface area contributed by atoms with Gasteiger partial charge in [-0.3, -0.25) is 9.78 Å². The van der Waals surface area contributed by atoms with Crippen molar-refractivity contribution in [2.75, 3.05) is 0 Å². The molecule has 0 amide bonds. The highest BCUT2D eigenvalue weighted by Crippen LogP contribution is 2.38. The van der Waals surface area contributed by atoms with Crippen LogP contribution in [0.4, 0.5) is 0 Å². The molecule has 0 aliphatic heterocycles. The summed E-state index contributed by atoms with van der Waals surface area (Å²) in [6.07, 6.45) is 9.08. The summed E-state index contributed by atoms with van der Waals surface area (Å²) in [6, 6.07) is 1.85. The van der Waals surface area contributed by atoms with Crippen molar-refractivity contribution < 1.29 is 4.79 Å². The first-order valence-corrected chi connectivity index (χ1v) is 8.04. The SMILES string of the molecule is CCC(C)C1CCCCC1C(=O)c1cc2nccnc2[nH]1. The molecular weight excluding hydrogens is 262 g/mol. The Morgan fingerprint density at radius 1 is 1.33 bits per heavy atom. The predicted molar refractivity (Wildman–Crippen MR) is 83.1 cm³/mol. The molecule has 1 fully saturated rings. The van der Waals surface area contributed by atoms with Crippen LogP contribution in [0.5, 0.6) is 0 Å². The second-order valence-corrected chi connectivity index (χ2v) is 6.28. The highest BCUT2D eigenvalue weighted by Gasteiger charge is 2.34. The average Bonchev–Trinajstić information content (AvgIpc) is 2.97. The van der Waals surface area contributed by atoms with E-state index in [0.29, 0.717) is 23.2 Å². The maximum absolute atomic E-state index is 12.9. The summed E-state index contributed by atoms with van der Waals surface area (Å²) in [5, 5.41) is 0. The molecule has 0 aromatic carbocycles. The molecule has 112 valence electrons. The zero-order chi connectivity index (χ0) is 14.8. The van der Waals surface area contributed by atoms with E-state index in [2.05, 4.69) is 28.8 Å². The first kappa shape index (κ1) is 14.2. The summed E-state index contributed by atoms with van der Waals surface area (Å²) >= 11 is 0. The maximum Gasteiger partial charge on any atom is 0.182 e. The molecule has 2 heterocycles. The fourth-order valence-corrected chi connectivity index (χ4v) is 3.65. The van der Waals surface area contributed by atoms with Gasteiger partial charge in [0.05, 0.1) is 5.69 Å². The van der Waals surface area contributed by atoms with Crippen molar-refractivity contribution in [2.45, 2.75) is 46.0 Å². The van der Waals surface area contributed by atoms with Gasteiger partial charge in [-0.15, -0.1) is 0 Å². The highest BCUT2D eigenvalue weighted by atomic mass is 16.1. The lowest BCUT2D eigenvalue weighted by atomic mass is 9.70. The van der Waals surface area contributed by atoms with Crippen molar-refractivity contribution in [3.8, 4) is 0 Å². The first-order chi connectivity index (χ1) is 10.2. The molecule has 2 aromatic heterocycles. The Morgan fingerprint density at radius 3 is 2.86 bits per heavy atom. The predicted octanol–water partition coefficient (Wildman–Crippen LogP) is 3.99. The molecule has 0 radical (unpaired) electrons. The Morgan fingerprint density at radius 2 is 2.10 bits per heavy atom. The Balaban J connectivity index is 1.88. The van der Waals surface area contributed by atoms with Gasteiger partial charge < -0.3 is 4.98 Å². The van der Waals surface area contributed by atoms with Crippen molar-refractivity contribution in [3.05, 3.63) is 24.2 Å². The fourth-order valence-electron chi connectivity index (χ4n) is 3.65. The molecular formula is C17H23N3O. The maximum atomic E-state index is 12.9. The number of fused-ring (bicyclic) bond motifs is 1. The monoisotopic (exact) mass is 285 g/mol. The van der Waals surface area contributed by atoms with Crippen LogP contribution in [0.3, 0.4) is 0 Å². The standard InChI is InChI=1S/C17H23N3O/c1-3-11(2)12-6-4-5-7-13(12)16(21)14-10-15-17(20-14)19-9-8-18-15/h8-13H,3-7H2,1-2H3,(H,19,20). The van der Waals surface area contributed by atoms with Gasteiger partial charge in [-0.2, -0.15) is 0 Å². The number of aromatic nitrogens is 3. The molecule has 0 bridgehead atoms. The summed E-state index contributed by atoms with van der Waals surface area (Å²) in [5.41, 5.74) is 2.16. The van der Waals surface area contributed by atoms with Gasteiger partial charge in [-0.1, -0.05) is 33.1 Å². The van der Waals surface area contributed by atoms with Crippen molar-refractivity contribution >= 4 is 16.9 Å². The number of ketones is 1. The second-order valence-electron chi connectivity index (χ2n) is 6.28. The smallest absolute Gasteiger partial charge is 0.182 e. The quantitative estimate of drug-likeness (QED) is 0.864. The van der Waals surface area contributed by atoms with Crippen LogP contribution in [-0.4, -0.2) is 20.7 Å². The van der Waals surface area contributed by atoms with Gasteiger partial charge in [-0.05, 0) is 30.7 Å². The van der Waals surface area contributed by atoms with E-state index >= 15 is 0 Å². The number of Topliss-reactive ketones (excluding diaryl/α,β-unsaturated/α-hetero) is 1. The minimum atomic E-state index is 0.154. The number of hydrogen-bond donors (Lipinski definition) is 1. The van der Waals surface area contributed by atoms with E-state index in [0.717, 1.165) is 18.4 Å². The van der Waals surface area contributed by atoms with E-state index in [4.69, 9.17) is 0 Å². The summed E-state index contributed by atoms with van der Waals surface area (Å²) in [7, 11) is 0. The molecule has 3 rings (SSSR count). The second kappa shape index (κ2) is 5.96. The van der Waals surface area contributed by atoms with Crippen LogP contribution in [0, 0.1) is 17.8 Å². The molecule has 0 saturated heterocycles. The number of aromatic amines is 1. The normalized spacial score (nSPS) is 24.1. The molecule has 1 aliphatic rings. The Bertz CT molecular complexity index is 601. The van der Waals surface area contributed by atoms with Crippen LogP contribution in [-0.2, 0) is 0 Å². The molecule has 3 atom stereocenters. The number of H-pyrrole nitrogens is 1. The lowest BCUT2D eigenvalue weighted by molar-refractivity contribution is 0.0758. The van der Waals surface area contributed by atoms with E-state index in [1.54, 1.807) is 12.4 Å². The van der Waals surface area contributed by atoms with Gasteiger partial charge in [-0.25, -0.2) is 4.98 Å². The molecule has 2 aromatic rings. The van der Waals surface area contributed by atoms with Crippen LogP contribution in [0.25, 0.3) is 11.2 Å². The Hall–Kier alpha value is -1.71. The Labute approximate surface area is 125 Å². The number of rotatable bonds is 4.